The Morgan fingerprint density at radius 2 is 1.76 bits per heavy atom. The Bertz CT molecular complexity index is 1710. The number of hydrogen-bond donors (Lipinski definition) is 0. The summed E-state index contributed by atoms with van der Waals surface area (Å²) in [6.45, 7) is 0.528. The monoisotopic (exact) mass is 515 g/mol. The summed E-state index contributed by atoms with van der Waals surface area (Å²) in [5, 5.41) is 1.00. The van der Waals surface area contributed by atoms with Crippen LogP contribution in [0.1, 0.15) is 45.0 Å². The molecule has 186 valence electrons. The Kier molecular flexibility index (Phi) is 5.63. The van der Waals surface area contributed by atoms with Crippen LogP contribution in [-0.2, 0) is 6.42 Å². The van der Waals surface area contributed by atoms with Crippen LogP contribution in [0.2, 0.25) is 0 Å². The fourth-order valence-electron chi connectivity index (χ4n) is 5.29. The Balaban J connectivity index is 1.24. The lowest BCUT2D eigenvalue weighted by molar-refractivity contribution is 0.0972. The van der Waals surface area contributed by atoms with Crippen molar-refractivity contribution < 1.29 is 9.59 Å². The van der Waals surface area contributed by atoms with Crippen LogP contribution in [0.5, 0.6) is 0 Å². The van der Waals surface area contributed by atoms with Gasteiger partial charge in [0.15, 0.2) is 5.78 Å². The van der Waals surface area contributed by atoms with Gasteiger partial charge in [0.25, 0.3) is 5.91 Å². The minimum atomic E-state index is -0.127. The van der Waals surface area contributed by atoms with Crippen molar-refractivity contribution in [1.29, 1.82) is 0 Å². The molecular formula is C32H25N3O2S. The van der Waals surface area contributed by atoms with Gasteiger partial charge in [-0.25, -0.2) is 4.98 Å². The predicted molar refractivity (Wildman–Crippen MR) is 152 cm³/mol. The van der Waals surface area contributed by atoms with Crippen LogP contribution in [0, 0.1) is 5.92 Å². The zero-order chi connectivity index (χ0) is 25.6. The fourth-order valence-corrected chi connectivity index (χ4v) is 6.48. The first kappa shape index (κ1) is 23.0. The summed E-state index contributed by atoms with van der Waals surface area (Å²) >= 11 is 1.57. The zero-order valence-electron chi connectivity index (χ0n) is 20.8. The van der Waals surface area contributed by atoms with E-state index in [2.05, 4.69) is 17.1 Å². The highest BCUT2D eigenvalue weighted by atomic mass is 32.1. The number of rotatable bonds is 5. The van der Waals surface area contributed by atoms with Crippen molar-refractivity contribution in [2.75, 3.05) is 11.4 Å². The number of carbonyl (C=O) groups excluding carboxylic acids is 2. The number of thiophene rings is 1. The number of hydrogen-bond acceptors (Lipinski definition) is 5. The predicted octanol–water partition coefficient (Wildman–Crippen LogP) is 7.21. The number of amides is 1. The number of pyridine rings is 2. The number of fused-ring (bicyclic) bond motifs is 4. The third kappa shape index (κ3) is 4.11. The van der Waals surface area contributed by atoms with Gasteiger partial charge in [-0.2, -0.15) is 0 Å². The smallest absolute Gasteiger partial charge is 0.276 e. The molecule has 1 aliphatic heterocycles. The SMILES string of the molecule is O=C(CC1CC1)c1cc2c(s1)-c1ccccc1N(C(=O)c1cccc(-c3ccnc4ccccc34)n1)CC2. The van der Waals surface area contributed by atoms with Crippen molar-refractivity contribution in [2.24, 2.45) is 5.92 Å². The van der Waals surface area contributed by atoms with E-state index in [0.29, 0.717) is 31.0 Å². The first-order valence-electron chi connectivity index (χ1n) is 13.0. The normalized spacial score (nSPS) is 14.6. The maximum atomic E-state index is 13.9. The average Bonchev–Trinajstić information content (AvgIpc) is 3.71. The molecule has 0 bridgehead atoms. The summed E-state index contributed by atoms with van der Waals surface area (Å²) in [5.74, 6) is 0.691. The van der Waals surface area contributed by atoms with Crippen LogP contribution in [0.4, 0.5) is 5.69 Å². The van der Waals surface area contributed by atoms with E-state index in [4.69, 9.17) is 4.98 Å². The molecule has 7 rings (SSSR count). The lowest BCUT2D eigenvalue weighted by atomic mass is 10.1. The highest BCUT2D eigenvalue weighted by Crippen LogP contribution is 2.43. The summed E-state index contributed by atoms with van der Waals surface area (Å²) in [4.78, 5) is 39.8. The van der Waals surface area contributed by atoms with Gasteiger partial charge in [-0.05, 0) is 67.1 Å². The largest absolute Gasteiger partial charge is 0.306 e. The number of para-hydroxylation sites is 2. The lowest BCUT2D eigenvalue weighted by Crippen LogP contribution is -2.33. The van der Waals surface area contributed by atoms with E-state index in [9.17, 15) is 9.59 Å². The second-order valence-corrected chi connectivity index (χ2v) is 11.1. The number of ketones is 1. The van der Waals surface area contributed by atoms with Crippen molar-refractivity contribution in [3.8, 4) is 21.7 Å². The molecule has 0 radical (unpaired) electrons. The van der Waals surface area contributed by atoms with Crippen LogP contribution >= 0.6 is 11.3 Å². The van der Waals surface area contributed by atoms with Crippen molar-refractivity contribution in [3.05, 3.63) is 101 Å². The van der Waals surface area contributed by atoms with Gasteiger partial charge in [0.2, 0.25) is 0 Å². The maximum Gasteiger partial charge on any atom is 0.276 e. The standard InChI is InChI=1S/C32H25N3O2S/c36-29(18-20-12-13-20)30-19-21-15-17-35(28-11-4-2-7-24(28)31(21)38-30)32(37)27-10-5-9-26(34-27)23-14-16-33-25-8-3-1-6-22(23)25/h1-11,14,16,19-20H,12-13,15,17-18H2. The molecule has 3 aromatic heterocycles. The summed E-state index contributed by atoms with van der Waals surface area (Å²) in [6.07, 6.45) is 5.46. The summed E-state index contributed by atoms with van der Waals surface area (Å²) in [5.41, 5.74) is 6.00. The van der Waals surface area contributed by atoms with E-state index in [-0.39, 0.29) is 11.7 Å². The molecule has 0 atom stereocenters. The molecule has 0 saturated heterocycles. The molecule has 1 fully saturated rings. The molecule has 5 nitrogen and oxygen atoms in total. The van der Waals surface area contributed by atoms with Crippen molar-refractivity contribution in [2.45, 2.75) is 25.7 Å². The van der Waals surface area contributed by atoms with Crippen LogP contribution in [0.3, 0.4) is 0 Å². The first-order chi connectivity index (χ1) is 18.7. The average molecular weight is 516 g/mol. The third-order valence-electron chi connectivity index (χ3n) is 7.44. The second kappa shape index (κ2) is 9.30. The summed E-state index contributed by atoms with van der Waals surface area (Å²) in [6, 6.07) is 25.6. The molecule has 38 heavy (non-hydrogen) atoms. The van der Waals surface area contributed by atoms with E-state index in [1.54, 1.807) is 23.6 Å². The molecule has 0 spiro atoms. The van der Waals surface area contributed by atoms with E-state index < -0.39 is 0 Å². The number of nitrogens with zero attached hydrogens (tertiary/aromatic N) is 3. The molecule has 0 N–H and O–H groups in total. The number of benzene rings is 2. The molecule has 5 aromatic rings. The number of Topliss-reactive ketones (excluding diaryl/α,β-unsaturated/α-hetero) is 1. The zero-order valence-corrected chi connectivity index (χ0v) is 21.6. The van der Waals surface area contributed by atoms with Crippen LogP contribution < -0.4 is 4.90 Å². The summed E-state index contributed by atoms with van der Waals surface area (Å²) in [7, 11) is 0. The number of anilines is 1. The summed E-state index contributed by atoms with van der Waals surface area (Å²) < 4.78 is 0. The molecular weight excluding hydrogens is 490 g/mol. The Hall–Kier alpha value is -4.16. The molecule has 2 aromatic carbocycles. The fraction of sp³-hybridized carbons (Fsp3) is 0.188. The van der Waals surface area contributed by atoms with Gasteiger partial charge in [-0.3, -0.25) is 14.6 Å². The highest BCUT2D eigenvalue weighted by Gasteiger charge is 2.30. The topological polar surface area (TPSA) is 63.2 Å². The molecule has 2 aliphatic rings. The van der Waals surface area contributed by atoms with Gasteiger partial charge in [0.1, 0.15) is 5.69 Å². The van der Waals surface area contributed by atoms with Gasteiger partial charge in [0, 0.05) is 40.6 Å². The van der Waals surface area contributed by atoms with Crippen LogP contribution in [-0.4, -0.2) is 28.2 Å². The molecule has 0 unspecified atom stereocenters. The Morgan fingerprint density at radius 3 is 2.66 bits per heavy atom. The number of carbonyl (C=O) groups is 2. The molecule has 6 heteroatoms. The minimum absolute atomic E-state index is 0.127. The van der Waals surface area contributed by atoms with Gasteiger partial charge in [-0.1, -0.05) is 42.5 Å². The van der Waals surface area contributed by atoms with E-state index in [0.717, 1.165) is 48.7 Å². The molecule has 1 saturated carbocycles. The van der Waals surface area contributed by atoms with E-state index in [1.165, 1.54) is 12.8 Å². The number of aromatic nitrogens is 2. The Labute approximate surface area is 224 Å². The molecule has 1 aliphatic carbocycles. The lowest BCUT2D eigenvalue weighted by Gasteiger charge is -2.23. The van der Waals surface area contributed by atoms with E-state index >= 15 is 0 Å². The van der Waals surface area contributed by atoms with Gasteiger partial charge < -0.3 is 4.90 Å². The van der Waals surface area contributed by atoms with Crippen molar-refractivity contribution in [3.63, 3.8) is 0 Å². The highest BCUT2D eigenvalue weighted by molar-refractivity contribution is 7.17. The first-order valence-corrected chi connectivity index (χ1v) is 13.9. The second-order valence-electron chi connectivity index (χ2n) is 10.0. The third-order valence-corrected chi connectivity index (χ3v) is 8.69. The van der Waals surface area contributed by atoms with Gasteiger partial charge in [0.05, 0.1) is 21.8 Å². The van der Waals surface area contributed by atoms with E-state index in [1.807, 2.05) is 65.6 Å². The molecule has 4 heterocycles. The minimum Gasteiger partial charge on any atom is -0.306 e. The van der Waals surface area contributed by atoms with Crippen LogP contribution in [0.15, 0.2) is 85.1 Å². The van der Waals surface area contributed by atoms with Gasteiger partial charge >= 0.3 is 0 Å². The van der Waals surface area contributed by atoms with Crippen LogP contribution in [0.25, 0.3) is 32.6 Å². The van der Waals surface area contributed by atoms with Gasteiger partial charge in [-0.15, -0.1) is 11.3 Å². The van der Waals surface area contributed by atoms with Crippen molar-refractivity contribution in [1.82, 2.24) is 9.97 Å². The van der Waals surface area contributed by atoms with Crippen molar-refractivity contribution >= 4 is 39.6 Å². The quantitative estimate of drug-likeness (QED) is 0.232. The molecule has 1 amide bonds. The maximum absolute atomic E-state index is 13.9. The Morgan fingerprint density at radius 1 is 0.921 bits per heavy atom.